The minimum atomic E-state index is -1.34. The first kappa shape index (κ1) is 23.8. The third-order valence-electron chi connectivity index (χ3n) is 6.52. The molecule has 5 atom stereocenters. The molecule has 0 unspecified atom stereocenters. The van der Waals surface area contributed by atoms with Crippen molar-refractivity contribution in [2.45, 2.75) is 83.1 Å². The van der Waals surface area contributed by atoms with Gasteiger partial charge >= 0.3 is 0 Å². The minimum Gasteiger partial charge on any atom is -0.489 e. The lowest BCUT2D eigenvalue weighted by molar-refractivity contribution is -0.233. The van der Waals surface area contributed by atoms with Crippen LogP contribution < -0.4 is 4.74 Å². The number of ether oxygens (including phenoxy) is 3. The van der Waals surface area contributed by atoms with Crippen LogP contribution in [-0.4, -0.2) is 59.6 Å². The highest BCUT2D eigenvalue weighted by atomic mass is 35.5. The van der Waals surface area contributed by atoms with Gasteiger partial charge in [0, 0.05) is 7.11 Å². The first-order valence-electron chi connectivity index (χ1n) is 10.8. The third kappa shape index (κ3) is 5.29. The molecule has 3 rings (SSSR count). The summed E-state index contributed by atoms with van der Waals surface area (Å²) in [5.74, 6) is 1.24. The maximum absolute atomic E-state index is 10.5. The van der Waals surface area contributed by atoms with Crippen molar-refractivity contribution in [3.8, 4) is 5.75 Å². The Morgan fingerprint density at radius 2 is 1.70 bits per heavy atom. The van der Waals surface area contributed by atoms with Crippen LogP contribution in [0.1, 0.15) is 58.1 Å². The lowest BCUT2D eigenvalue weighted by atomic mass is 9.72. The normalized spacial score (nSPS) is 35.3. The largest absolute Gasteiger partial charge is 0.489 e. The Labute approximate surface area is 184 Å². The lowest BCUT2D eigenvalue weighted by Gasteiger charge is -2.40. The number of hydrogen-bond acceptors (Lipinski definition) is 6. The lowest BCUT2D eigenvalue weighted by Crippen LogP contribution is -2.55. The smallest absolute Gasteiger partial charge is 0.138 e. The second-order valence-electron chi connectivity index (χ2n) is 9.67. The number of halogens is 1. The Hall–Kier alpha value is -0.890. The van der Waals surface area contributed by atoms with Gasteiger partial charge in [0.1, 0.15) is 36.3 Å². The van der Waals surface area contributed by atoms with E-state index < -0.39 is 30.5 Å². The molecular weight excluding hydrogens is 408 g/mol. The first-order valence-corrected chi connectivity index (χ1v) is 11.1. The van der Waals surface area contributed by atoms with E-state index in [4.69, 9.17) is 25.8 Å². The maximum Gasteiger partial charge on any atom is 0.138 e. The summed E-state index contributed by atoms with van der Waals surface area (Å²) in [5.41, 5.74) is 0.943. The fourth-order valence-electron chi connectivity index (χ4n) is 4.54. The Bertz CT molecular complexity index is 697. The second-order valence-corrected chi connectivity index (χ2v) is 10.1. The van der Waals surface area contributed by atoms with Crippen molar-refractivity contribution in [2.24, 2.45) is 11.3 Å². The molecule has 0 bridgehead atoms. The molecule has 3 N–H and O–H groups in total. The van der Waals surface area contributed by atoms with E-state index in [-0.39, 0.29) is 12.7 Å². The standard InChI is InChI=1S/C23H35ClO6/c1-23(2,3)14-6-8-15(9-7-14)29-17-11-13(5-10-16(17)24)22-21(27)20(26)19(25)18(30-22)12-28-4/h5,10-11,14-15,18-22,25-27H,6-9,12H2,1-4H3/t14?,15?,18-,19-,20+,21-,22+/m1/s1. The summed E-state index contributed by atoms with van der Waals surface area (Å²) in [6.07, 6.45) is -1.10. The van der Waals surface area contributed by atoms with Crippen LogP contribution in [0.15, 0.2) is 18.2 Å². The van der Waals surface area contributed by atoms with Gasteiger partial charge in [-0.05, 0) is 54.7 Å². The number of aliphatic hydroxyl groups is 3. The second kappa shape index (κ2) is 9.72. The van der Waals surface area contributed by atoms with Crippen LogP contribution in [0.2, 0.25) is 5.02 Å². The topological polar surface area (TPSA) is 88.4 Å². The molecule has 1 aromatic rings. The van der Waals surface area contributed by atoms with Gasteiger partial charge in [-0.15, -0.1) is 0 Å². The predicted octanol–water partition coefficient (Wildman–Crippen LogP) is 3.49. The number of hydrogen-bond donors (Lipinski definition) is 3. The van der Waals surface area contributed by atoms with E-state index in [1.54, 1.807) is 18.2 Å². The summed E-state index contributed by atoms with van der Waals surface area (Å²) < 4.78 is 17.2. The Kier molecular flexibility index (Phi) is 7.70. The molecule has 1 aliphatic carbocycles. The average molecular weight is 443 g/mol. The van der Waals surface area contributed by atoms with E-state index in [0.29, 0.717) is 27.7 Å². The summed E-state index contributed by atoms with van der Waals surface area (Å²) in [6.45, 7) is 6.97. The first-order chi connectivity index (χ1) is 14.1. The van der Waals surface area contributed by atoms with Crippen LogP contribution in [0.5, 0.6) is 5.75 Å². The van der Waals surface area contributed by atoms with Crippen molar-refractivity contribution < 1.29 is 29.5 Å². The minimum absolute atomic E-state index is 0.0993. The van der Waals surface area contributed by atoms with E-state index in [9.17, 15) is 15.3 Å². The van der Waals surface area contributed by atoms with Crippen molar-refractivity contribution >= 4 is 11.6 Å². The Balaban J connectivity index is 1.72. The Morgan fingerprint density at radius 1 is 1.03 bits per heavy atom. The fraction of sp³-hybridized carbons (Fsp3) is 0.739. The Morgan fingerprint density at radius 3 is 2.30 bits per heavy atom. The SMILES string of the molecule is COC[C@H]1O[C@@H](c2ccc(Cl)c(OC3CCC(C(C)(C)C)CC3)c2)[C@H](O)[C@@H](O)[C@@H]1O. The van der Waals surface area contributed by atoms with Gasteiger partial charge < -0.3 is 29.5 Å². The highest BCUT2D eigenvalue weighted by molar-refractivity contribution is 6.32. The molecule has 0 aromatic heterocycles. The van der Waals surface area contributed by atoms with Gasteiger partial charge in [0.05, 0.1) is 17.7 Å². The van der Waals surface area contributed by atoms with Gasteiger partial charge in [0.2, 0.25) is 0 Å². The molecule has 0 radical (unpaired) electrons. The summed E-state index contributed by atoms with van der Waals surface area (Å²) in [4.78, 5) is 0. The van der Waals surface area contributed by atoms with Crippen molar-refractivity contribution in [2.75, 3.05) is 13.7 Å². The molecule has 1 heterocycles. The molecule has 0 amide bonds. The van der Waals surface area contributed by atoms with Crippen molar-refractivity contribution in [3.05, 3.63) is 28.8 Å². The molecule has 0 spiro atoms. The van der Waals surface area contributed by atoms with Crippen LogP contribution in [-0.2, 0) is 9.47 Å². The quantitative estimate of drug-likeness (QED) is 0.646. The number of aliphatic hydroxyl groups excluding tert-OH is 3. The van der Waals surface area contributed by atoms with Gasteiger partial charge in [0.25, 0.3) is 0 Å². The van der Waals surface area contributed by atoms with E-state index in [0.717, 1.165) is 25.7 Å². The van der Waals surface area contributed by atoms with Crippen LogP contribution in [0, 0.1) is 11.3 Å². The van der Waals surface area contributed by atoms with Gasteiger partial charge in [-0.2, -0.15) is 0 Å². The van der Waals surface area contributed by atoms with Crippen molar-refractivity contribution in [3.63, 3.8) is 0 Å². The molecule has 1 saturated heterocycles. The zero-order valence-corrected chi connectivity index (χ0v) is 19.0. The van der Waals surface area contributed by atoms with E-state index >= 15 is 0 Å². The molecule has 1 saturated carbocycles. The molecule has 170 valence electrons. The molecule has 1 aromatic carbocycles. The number of benzene rings is 1. The van der Waals surface area contributed by atoms with Gasteiger partial charge in [0.15, 0.2) is 0 Å². The van der Waals surface area contributed by atoms with Crippen LogP contribution in [0.4, 0.5) is 0 Å². The molecule has 6 nitrogen and oxygen atoms in total. The molecule has 30 heavy (non-hydrogen) atoms. The summed E-state index contributed by atoms with van der Waals surface area (Å²) >= 11 is 6.38. The summed E-state index contributed by atoms with van der Waals surface area (Å²) in [6, 6.07) is 5.22. The molecular formula is C23H35ClO6. The van der Waals surface area contributed by atoms with Crippen LogP contribution in [0.3, 0.4) is 0 Å². The van der Waals surface area contributed by atoms with Gasteiger partial charge in [-0.25, -0.2) is 0 Å². The monoisotopic (exact) mass is 442 g/mol. The summed E-state index contributed by atoms with van der Waals surface area (Å²) in [5, 5.41) is 31.4. The highest BCUT2D eigenvalue weighted by Gasteiger charge is 2.44. The molecule has 7 heteroatoms. The maximum atomic E-state index is 10.5. The number of rotatable bonds is 5. The average Bonchev–Trinajstić information content (AvgIpc) is 2.70. The zero-order valence-electron chi connectivity index (χ0n) is 18.3. The highest BCUT2D eigenvalue weighted by Crippen LogP contribution is 2.41. The number of methoxy groups -OCH3 is 1. The third-order valence-corrected chi connectivity index (χ3v) is 6.83. The van der Waals surface area contributed by atoms with E-state index in [1.165, 1.54) is 7.11 Å². The van der Waals surface area contributed by atoms with Crippen LogP contribution in [0.25, 0.3) is 0 Å². The van der Waals surface area contributed by atoms with Crippen molar-refractivity contribution in [1.82, 2.24) is 0 Å². The van der Waals surface area contributed by atoms with Gasteiger partial charge in [-0.3, -0.25) is 0 Å². The van der Waals surface area contributed by atoms with E-state index in [2.05, 4.69) is 20.8 Å². The summed E-state index contributed by atoms with van der Waals surface area (Å²) in [7, 11) is 1.49. The van der Waals surface area contributed by atoms with Crippen LogP contribution >= 0.6 is 11.6 Å². The van der Waals surface area contributed by atoms with Gasteiger partial charge in [-0.1, -0.05) is 38.4 Å². The molecule has 2 fully saturated rings. The predicted molar refractivity (Wildman–Crippen MR) is 115 cm³/mol. The zero-order chi connectivity index (χ0) is 22.1. The molecule has 2 aliphatic rings. The fourth-order valence-corrected chi connectivity index (χ4v) is 4.70. The molecule has 1 aliphatic heterocycles. The van der Waals surface area contributed by atoms with E-state index in [1.807, 2.05) is 0 Å². The van der Waals surface area contributed by atoms with Crippen molar-refractivity contribution in [1.29, 1.82) is 0 Å².